The molecule has 0 saturated heterocycles. The summed E-state index contributed by atoms with van der Waals surface area (Å²) in [6.45, 7) is 7.16. The van der Waals surface area contributed by atoms with Gasteiger partial charge in [-0.25, -0.2) is 4.99 Å². The maximum absolute atomic E-state index is 11.1. The van der Waals surface area contributed by atoms with Crippen molar-refractivity contribution in [3.05, 3.63) is 29.3 Å². The van der Waals surface area contributed by atoms with Crippen molar-refractivity contribution in [1.29, 1.82) is 0 Å². The molecule has 0 aliphatic carbocycles. The minimum Gasteiger partial charge on any atom is -0.491 e. The summed E-state index contributed by atoms with van der Waals surface area (Å²) in [7, 11) is 3.07. The maximum atomic E-state index is 11.1. The first-order valence-corrected chi connectivity index (χ1v) is 9.41. The van der Waals surface area contributed by atoms with E-state index in [1.807, 2.05) is 26.0 Å². The van der Waals surface area contributed by atoms with Crippen LogP contribution in [0.15, 0.2) is 23.2 Å². The predicted molar refractivity (Wildman–Crippen MR) is 107 cm³/mol. The highest BCUT2D eigenvalue weighted by molar-refractivity contribution is 5.79. The number of methoxy groups -OCH3 is 2. The Hall–Kier alpha value is -2.28. The van der Waals surface area contributed by atoms with Crippen LogP contribution in [0.1, 0.15) is 37.3 Å². The number of carbonyl (C=O) groups is 1. The summed E-state index contributed by atoms with van der Waals surface area (Å²) in [5.41, 5.74) is 2.17. The van der Waals surface area contributed by atoms with Crippen molar-refractivity contribution >= 4 is 11.9 Å². The van der Waals surface area contributed by atoms with E-state index in [2.05, 4.69) is 26.4 Å². The summed E-state index contributed by atoms with van der Waals surface area (Å²) in [6.07, 6.45) is 2.10. The Morgan fingerprint density at radius 1 is 1.15 bits per heavy atom. The zero-order valence-corrected chi connectivity index (χ0v) is 17.0. The van der Waals surface area contributed by atoms with Crippen LogP contribution in [0.3, 0.4) is 0 Å². The summed E-state index contributed by atoms with van der Waals surface area (Å²) in [5, 5.41) is 6.53. The van der Waals surface area contributed by atoms with Crippen LogP contribution in [-0.4, -0.2) is 52.5 Å². The van der Waals surface area contributed by atoms with Gasteiger partial charge in [0, 0.05) is 32.2 Å². The average molecular weight is 380 g/mol. The minimum atomic E-state index is -0.170. The molecule has 7 nitrogen and oxygen atoms in total. The highest BCUT2D eigenvalue weighted by Crippen LogP contribution is 2.21. The van der Waals surface area contributed by atoms with Gasteiger partial charge in [-0.1, -0.05) is 12.1 Å². The molecule has 1 aromatic rings. The lowest BCUT2D eigenvalue weighted by Crippen LogP contribution is -2.37. The van der Waals surface area contributed by atoms with E-state index in [9.17, 15) is 4.79 Å². The molecule has 0 heterocycles. The first-order valence-electron chi connectivity index (χ1n) is 9.41. The predicted octanol–water partition coefficient (Wildman–Crippen LogP) is 2.42. The summed E-state index contributed by atoms with van der Waals surface area (Å²) in [6, 6.07) is 6.12. The van der Waals surface area contributed by atoms with E-state index in [0.29, 0.717) is 26.2 Å². The van der Waals surface area contributed by atoms with Gasteiger partial charge in [0.05, 0.1) is 20.3 Å². The highest BCUT2D eigenvalue weighted by atomic mass is 16.5. The van der Waals surface area contributed by atoms with Gasteiger partial charge in [-0.05, 0) is 38.3 Å². The molecule has 0 aliphatic heterocycles. The molecule has 0 aromatic heterocycles. The standard InChI is InChI=1S/C20H33N3O4/c1-5-21-20(22-11-7-6-8-19(24)26-4)23-15-17-10-9-16(2)14-18(17)27-13-12-25-3/h9-10,14H,5-8,11-13,15H2,1-4H3,(H2,21,22,23). The van der Waals surface area contributed by atoms with Crippen LogP contribution in [-0.2, 0) is 20.8 Å². The van der Waals surface area contributed by atoms with Crippen LogP contribution < -0.4 is 15.4 Å². The molecule has 0 unspecified atom stereocenters. The van der Waals surface area contributed by atoms with Crippen LogP contribution in [0.5, 0.6) is 5.75 Å². The van der Waals surface area contributed by atoms with Crippen LogP contribution in [0.2, 0.25) is 0 Å². The number of unbranched alkanes of at least 4 members (excludes halogenated alkanes) is 1. The lowest BCUT2D eigenvalue weighted by atomic mass is 10.1. The van der Waals surface area contributed by atoms with E-state index < -0.39 is 0 Å². The molecule has 0 bridgehead atoms. The van der Waals surface area contributed by atoms with Gasteiger partial charge in [0.2, 0.25) is 0 Å². The normalized spacial score (nSPS) is 11.2. The SMILES string of the molecule is CCNC(=NCc1ccc(C)cc1OCCOC)NCCCCC(=O)OC. The number of esters is 1. The number of aliphatic imine (C=N–C) groups is 1. The molecule has 1 aromatic carbocycles. The Kier molecular flexibility index (Phi) is 11.7. The molecule has 0 aliphatic rings. The smallest absolute Gasteiger partial charge is 0.305 e. The van der Waals surface area contributed by atoms with Gasteiger partial charge < -0.3 is 24.8 Å². The van der Waals surface area contributed by atoms with Crippen LogP contribution >= 0.6 is 0 Å². The lowest BCUT2D eigenvalue weighted by molar-refractivity contribution is -0.140. The number of guanidine groups is 1. The number of nitrogens with one attached hydrogen (secondary N) is 2. The molecule has 2 N–H and O–H groups in total. The molecule has 0 spiro atoms. The molecule has 0 radical (unpaired) electrons. The van der Waals surface area contributed by atoms with E-state index in [4.69, 9.17) is 9.47 Å². The largest absolute Gasteiger partial charge is 0.491 e. The summed E-state index contributed by atoms with van der Waals surface area (Å²) < 4.78 is 15.5. The fraction of sp³-hybridized carbons (Fsp3) is 0.600. The van der Waals surface area contributed by atoms with Crippen LogP contribution in [0.25, 0.3) is 0 Å². The van der Waals surface area contributed by atoms with Gasteiger partial charge in [-0.3, -0.25) is 4.79 Å². The second kappa shape index (κ2) is 13.9. The minimum absolute atomic E-state index is 0.170. The molecule has 152 valence electrons. The van der Waals surface area contributed by atoms with Gasteiger partial charge in [-0.15, -0.1) is 0 Å². The number of carbonyl (C=O) groups excluding carboxylic acids is 1. The van der Waals surface area contributed by atoms with Gasteiger partial charge in [0.25, 0.3) is 0 Å². The molecular weight excluding hydrogens is 346 g/mol. The first kappa shape index (κ1) is 22.8. The number of hydrogen-bond acceptors (Lipinski definition) is 5. The molecule has 0 fully saturated rings. The summed E-state index contributed by atoms with van der Waals surface area (Å²) in [5.74, 6) is 1.42. The Morgan fingerprint density at radius 3 is 2.67 bits per heavy atom. The third-order valence-corrected chi connectivity index (χ3v) is 3.85. The quantitative estimate of drug-likeness (QED) is 0.251. The van der Waals surface area contributed by atoms with E-state index in [-0.39, 0.29) is 5.97 Å². The lowest BCUT2D eigenvalue weighted by Gasteiger charge is -2.13. The van der Waals surface area contributed by atoms with Crippen molar-refractivity contribution in [3.8, 4) is 5.75 Å². The van der Waals surface area contributed by atoms with E-state index in [0.717, 1.165) is 48.8 Å². The summed E-state index contributed by atoms with van der Waals surface area (Å²) in [4.78, 5) is 15.8. The number of rotatable bonds is 12. The molecule has 1 rings (SSSR count). The maximum Gasteiger partial charge on any atom is 0.305 e. The third kappa shape index (κ3) is 9.84. The topological polar surface area (TPSA) is 81.2 Å². The van der Waals surface area contributed by atoms with Crippen molar-refractivity contribution in [2.45, 2.75) is 39.7 Å². The Labute approximate surface area is 162 Å². The van der Waals surface area contributed by atoms with E-state index in [1.165, 1.54) is 7.11 Å². The molecule has 0 saturated carbocycles. The molecule has 27 heavy (non-hydrogen) atoms. The fourth-order valence-electron chi connectivity index (χ4n) is 2.37. The average Bonchev–Trinajstić information content (AvgIpc) is 2.66. The van der Waals surface area contributed by atoms with Crippen molar-refractivity contribution in [3.63, 3.8) is 0 Å². The Morgan fingerprint density at radius 2 is 1.96 bits per heavy atom. The monoisotopic (exact) mass is 379 g/mol. The number of aryl methyl sites for hydroxylation is 1. The molecular formula is C20H33N3O4. The zero-order valence-electron chi connectivity index (χ0n) is 17.0. The van der Waals surface area contributed by atoms with Crippen molar-refractivity contribution in [1.82, 2.24) is 10.6 Å². The van der Waals surface area contributed by atoms with Gasteiger partial charge in [0.1, 0.15) is 12.4 Å². The Balaban J connectivity index is 2.59. The second-order valence-electron chi connectivity index (χ2n) is 6.11. The highest BCUT2D eigenvalue weighted by Gasteiger charge is 2.05. The van der Waals surface area contributed by atoms with Crippen molar-refractivity contribution < 1.29 is 19.0 Å². The van der Waals surface area contributed by atoms with Gasteiger partial charge >= 0.3 is 5.97 Å². The van der Waals surface area contributed by atoms with Crippen molar-refractivity contribution in [2.75, 3.05) is 40.5 Å². The number of nitrogens with zero attached hydrogens (tertiary/aromatic N) is 1. The number of hydrogen-bond donors (Lipinski definition) is 2. The molecule has 0 atom stereocenters. The third-order valence-electron chi connectivity index (χ3n) is 3.85. The van der Waals surface area contributed by atoms with E-state index in [1.54, 1.807) is 7.11 Å². The fourth-order valence-corrected chi connectivity index (χ4v) is 2.37. The summed E-state index contributed by atoms with van der Waals surface area (Å²) >= 11 is 0. The van der Waals surface area contributed by atoms with E-state index >= 15 is 0 Å². The van der Waals surface area contributed by atoms with Gasteiger partial charge in [-0.2, -0.15) is 0 Å². The van der Waals surface area contributed by atoms with Crippen LogP contribution in [0, 0.1) is 6.92 Å². The second-order valence-corrected chi connectivity index (χ2v) is 6.11. The van der Waals surface area contributed by atoms with Crippen molar-refractivity contribution in [2.24, 2.45) is 4.99 Å². The zero-order chi connectivity index (χ0) is 19.9. The molecule has 0 amide bonds. The number of benzene rings is 1. The molecule has 7 heteroatoms. The van der Waals surface area contributed by atoms with Crippen LogP contribution in [0.4, 0.5) is 0 Å². The number of ether oxygens (including phenoxy) is 3. The Bertz CT molecular complexity index is 591. The van der Waals surface area contributed by atoms with Gasteiger partial charge in [0.15, 0.2) is 5.96 Å². The first-order chi connectivity index (χ1) is 13.1.